The van der Waals surface area contributed by atoms with Crippen LogP contribution in [0.15, 0.2) is 91.2 Å². The highest BCUT2D eigenvalue weighted by molar-refractivity contribution is 8.04. The van der Waals surface area contributed by atoms with Crippen LogP contribution in [0.4, 0.5) is 17.3 Å². The van der Waals surface area contributed by atoms with Gasteiger partial charge in [-0.1, -0.05) is 75.9 Å². The van der Waals surface area contributed by atoms with Crippen molar-refractivity contribution in [3.63, 3.8) is 0 Å². The van der Waals surface area contributed by atoms with Crippen LogP contribution in [0.3, 0.4) is 0 Å². The number of hydrogen-bond donors (Lipinski definition) is 0. The molecule has 31 heavy (non-hydrogen) atoms. The van der Waals surface area contributed by atoms with Gasteiger partial charge in [-0.25, -0.2) is 0 Å². The molecule has 0 N–H and O–H groups in total. The molecule has 4 rings (SSSR count). The van der Waals surface area contributed by atoms with E-state index in [2.05, 4.69) is 94.4 Å². The van der Waals surface area contributed by atoms with Crippen molar-refractivity contribution in [2.75, 3.05) is 0 Å². The van der Waals surface area contributed by atoms with Crippen LogP contribution in [0, 0.1) is 0 Å². The molecular formula is C24H25BF4S2. The molecular weight excluding hydrogens is 439 g/mol. The van der Waals surface area contributed by atoms with Crippen molar-refractivity contribution in [2.45, 2.75) is 64.0 Å². The average molecular weight is 464 g/mol. The first-order valence-corrected chi connectivity index (χ1v) is 12.2. The second kappa shape index (κ2) is 9.74. The minimum atomic E-state index is -6.00. The van der Waals surface area contributed by atoms with Gasteiger partial charge < -0.3 is 17.3 Å². The fourth-order valence-corrected chi connectivity index (χ4v) is 7.47. The first kappa shape index (κ1) is 23.8. The highest BCUT2D eigenvalue weighted by atomic mass is 32.2. The number of fused-ring (bicyclic) bond motifs is 2. The molecule has 0 saturated heterocycles. The van der Waals surface area contributed by atoms with E-state index in [9.17, 15) is 17.3 Å². The van der Waals surface area contributed by atoms with Crippen molar-refractivity contribution in [1.82, 2.24) is 0 Å². The average Bonchev–Trinajstić information content (AvgIpc) is 2.70. The van der Waals surface area contributed by atoms with Gasteiger partial charge in [-0.2, -0.15) is 0 Å². The molecule has 3 aromatic rings. The van der Waals surface area contributed by atoms with Crippen LogP contribution < -0.4 is 0 Å². The monoisotopic (exact) mass is 464 g/mol. The molecule has 0 saturated carbocycles. The van der Waals surface area contributed by atoms with Crippen LogP contribution >= 0.6 is 11.8 Å². The highest BCUT2D eigenvalue weighted by Gasteiger charge is 2.39. The molecule has 1 aliphatic rings. The van der Waals surface area contributed by atoms with Gasteiger partial charge in [0.25, 0.3) is 0 Å². The third-order valence-corrected chi connectivity index (χ3v) is 8.71. The van der Waals surface area contributed by atoms with Gasteiger partial charge in [0.05, 0.1) is 9.79 Å². The van der Waals surface area contributed by atoms with Gasteiger partial charge in [0.1, 0.15) is 10.9 Å². The summed E-state index contributed by atoms with van der Waals surface area (Å²) < 4.78 is 39.0. The highest BCUT2D eigenvalue weighted by Crippen LogP contribution is 2.49. The summed E-state index contributed by atoms with van der Waals surface area (Å²) in [6.07, 6.45) is 0. The third-order valence-electron chi connectivity index (χ3n) is 4.90. The van der Waals surface area contributed by atoms with Crippen LogP contribution in [0.5, 0.6) is 0 Å². The normalized spacial score (nSPS) is 13.5. The molecule has 0 aromatic heterocycles. The molecule has 7 heteroatoms. The zero-order chi connectivity index (χ0) is 22.8. The summed E-state index contributed by atoms with van der Waals surface area (Å²) in [5.74, 6) is 1.08. The lowest BCUT2D eigenvalue weighted by molar-refractivity contribution is 0.368. The first-order chi connectivity index (χ1) is 14.6. The lowest BCUT2D eigenvalue weighted by Crippen LogP contribution is -2.14. The molecule has 0 spiro atoms. The summed E-state index contributed by atoms with van der Waals surface area (Å²) in [5.41, 5.74) is 2.94. The Morgan fingerprint density at radius 1 is 0.677 bits per heavy atom. The maximum absolute atomic E-state index is 9.75. The third kappa shape index (κ3) is 5.89. The number of benzene rings is 3. The second-order valence-corrected chi connectivity index (χ2v) is 10.9. The van der Waals surface area contributed by atoms with Gasteiger partial charge >= 0.3 is 7.25 Å². The summed E-state index contributed by atoms with van der Waals surface area (Å²) in [6, 6.07) is 25.1. The number of halogens is 4. The summed E-state index contributed by atoms with van der Waals surface area (Å²) >= 11 is 1.91. The minimum Gasteiger partial charge on any atom is -0.418 e. The Hall–Kier alpha value is -1.86. The maximum atomic E-state index is 9.75. The van der Waals surface area contributed by atoms with E-state index in [1.165, 1.54) is 35.6 Å². The molecule has 0 fully saturated rings. The molecule has 0 nitrogen and oxygen atoms in total. The van der Waals surface area contributed by atoms with Gasteiger partial charge in [-0.15, -0.1) is 0 Å². The van der Waals surface area contributed by atoms with Crippen molar-refractivity contribution >= 4 is 29.9 Å². The maximum Gasteiger partial charge on any atom is 0.673 e. The Labute approximate surface area is 188 Å². The van der Waals surface area contributed by atoms with Crippen molar-refractivity contribution in [2.24, 2.45) is 0 Å². The van der Waals surface area contributed by atoms with Crippen LogP contribution in [-0.2, 0) is 10.9 Å². The molecule has 0 amide bonds. The largest absolute Gasteiger partial charge is 0.673 e. The fraction of sp³-hybridized carbons (Fsp3) is 0.250. The Morgan fingerprint density at radius 3 is 1.61 bits per heavy atom. The quantitative estimate of drug-likeness (QED) is 0.166. The van der Waals surface area contributed by atoms with Crippen LogP contribution in [0.1, 0.15) is 50.7 Å². The lowest BCUT2D eigenvalue weighted by atomic mass is 9.96. The van der Waals surface area contributed by atoms with Crippen molar-refractivity contribution in [1.29, 1.82) is 0 Å². The van der Waals surface area contributed by atoms with Gasteiger partial charge in [0.15, 0.2) is 14.7 Å². The van der Waals surface area contributed by atoms with Gasteiger partial charge in [-0.05, 0) is 47.7 Å². The topological polar surface area (TPSA) is 0 Å². The van der Waals surface area contributed by atoms with E-state index in [0.717, 1.165) is 0 Å². The molecule has 1 aliphatic heterocycles. The van der Waals surface area contributed by atoms with Crippen molar-refractivity contribution < 1.29 is 17.3 Å². The molecule has 0 radical (unpaired) electrons. The summed E-state index contributed by atoms with van der Waals surface area (Å²) in [4.78, 5) is 7.23. The van der Waals surface area contributed by atoms with Crippen LogP contribution in [0.25, 0.3) is 0 Å². The summed E-state index contributed by atoms with van der Waals surface area (Å²) in [7, 11) is -6.03. The number of rotatable bonds is 3. The molecule has 164 valence electrons. The van der Waals surface area contributed by atoms with E-state index in [-0.39, 0.29) is 10.9 Å². The van der Waals surface area contributed by atoms with E-state index in [1.54, 1.807) is 0 Å². The predicted octanol–water partition coefficient (Wildman–Crippen LogP) is 8.79. The molecule has 0 aliphatic carbocycles. The molecule has 3 aromatic carbocycles. The number of hydrogen-bond acceptors (Lipinski definition) is 1. The van der Waals surface area contributed by atoms with Crippen molar-refractivity contribution in [3.05, 3.63) is 77.9 Å². The van der Waals surface area contributed by atoms with E-state index in [4.69, 9.17) is 0 Å². The standard InChI is InChI=1S/C24H25S2.BF4/c1-16(2)18-13-14-22(19(15-18)17(3)4)26-23-11-7-5-9-20(23)25-21-10-6-8-12-24(21)26;2-1(3,4)5/h5-17H,1-4H3;/q+1;-1. The summed E-state index contributed by atoms with van der Waals surface area (Å²) in [6.45, 7) is 9.21. The van der Waals surface area contributed by atoms with Crippen LogP contribution in [0.2, 0.25) is 0 Å². The van der Waals surface area contributed by atoms with Crippen molar-refractivity contribution in [3.8, 4) is 0 Å². The van der Waals surface area contributed by atoms with Gasteiger partial charge in [-0.3, -0.25) is 0 Å². The Balaban J connectivity index is 0.000000491. The zero-order valence-electron chi connectivity index (χ0n) is 17.9. The second-order valence-electron chi connectivity index (χ2n) is 7.90. The smallest absolute Gasteiger partial charge is 0.418 e. The van der Waals surface area contributed by atoms with E-state index in [0.29, 0.717) is 11.8 Å². The Morgan fingerprint density at radius 2 is 1.16 bits per heavy atom. The SMILES string of the molecule is CC(C)c1ccc([S+]2c3ccccc3Sc3ccccc32)c(C(C)C)c1.F[B-](F)(F)F. The Bertz CT molecular complexity index is 996. The molecule has 0 bridgehead atoms. The van der Waals surface area contributed by atoms with Gasteiger partial charge in [0.2, 0.25) is 0 Å². The zero-order valence-corrected chi connectivity index (χ0v) is 19.5. The molecule has 0 unspecified atom stereocenters. The van der Waals surface area contributed by atoms with E-state index in [1.807, 2.05) is 11.8 Å². The Kier molecular flexibility index (Phi) is 7.48. The van der Waals surface area contributed by atoms with Gasteiger partial charge in [0, 0.05) is 5.56 Å². The van der Waals surface area contributed by atoms with Crippen LogP contribution in [-0.4, -0.2) is 7.25 Å². The predicted molar refractivity (Wildman–Crippen MR) is 124 cm³/mol. The molecule has 0 atom stereocenters. The first-order valence-electron chi connectivity index (χ1n) is 10.2. The lowest BCUT2D eigenvalue weighted by Gasteiger charge is -2.22. The minimum absolute atomic E-state index is 0.0324. The summed E-state index contributed by atoms with van der Waals surface area (Å²) in [5, 5.41) is 0. The molecule has 1 heterocycles. The van der Waals surface area contributed by atoms with E-state index < -0.39 is 7.25 Å². The fourth-order valence-electron chi connectivity index (χ4n) is 3.44. The van der Waals surface area contributed by atoms with E-state index >= 15 is 0 Å².